The molecule has 0 heterocycles. The van der Waals surface area contributed by atoms with Gasteiger partial charge >= 0.3 is 0 Å². The van der Waals surface area contributed by atoms with Crippen LogP contribution in [0.4, 0.5) is 4.39 Å². The van der Waals surface area contributed by atoms with E-state index in [9.17, 15) is 8.94 Å². The molecule has 2 atom stereocenters. The van der Waals surface area contributed by atoms with Gasteiger partial charge in [0.1, 0.15) is 4.75 Å². The fraction of sp³-hybridized carbons (Fsp3) is 0.647. The second-order valence-electron chi connectivity index (χ2n) is 6.90. The first-order chi connectivity index (χ1) is 10.3. The Kier molecular flexibility index (Phi) is 5.75. The lowest BCUT2D eigenvalue weighted by molar-refractivity contribution is 0.284. The molecule has 1 aromatic rings. The summed E-state index contributed by atoms with van der Waals surface area (Å²) in [6.45, 7) is 8.39. The highest BCUT2D eigenvalue weighted by Gasteiger charge is 2.29. The van der Waals surface area contributed by atoms with E-state index in [-0.39, 0.29) is 16.6 Å². The largest absolute Gasteiger partial charge is 0.598 e. The van der Waals surface area contributed by atoms with Gasteiger partial charge in [-0.1, -0.05) is 13.0 Å². The molecule has 1 N–H and O–H groups in total. The van der Waals surface area contributed by atoms with Crippen molar-refractivity contribution in [1.29, 1.82) is 0 Å². The Bertz CT molecular complexity index is 500. The normalized spacial score (nSPS) is 18.1. The number of hydrogen-bond donors (Lipinski definition) is 1. The lowest BCUT2D eigenvalue weighted by atomic mass is 10.1. The topological polar surface area (TPSA) is 44.3 Å². The molecular formula is C17H26FNO2S. The van der Waals surface area contributed by atoms with Gasteiger partial charge in [-0.3, -0.25) is 0 Å². The average Bonchev–Trinajstić information content (AvgIpc) is 3.27. The monoisotopic (exact) mass is 327 g/mol. The minimum absolute atomic E-state index is 0.0797. The molecule has 0 spiro atoms. The van der Waals surface area contributed by atoms with Gasteiger partial charge in [-0.2, -0.15) is 0 Å². The second-order valence-corrected chi connectivity index (χ2v) is 8.90. The number of benzene rings is 1. The number of halogens is 1. The van der Waals surface area contributed by atoms with Crippen LogP contribution in [0.5, 0.6) is 5.75 Å². The molecule has 124 valence electrons. The summed E-state index contributed by atoms with van der Waals surface area (Å²) >= 11 is -1.17. The molecule has 22 heavy (non-hydrogen) atoms. The molecular weight excluding hydrogens is 301 g/mol. The van der Waals surface area contributed by atoms with E-state index in [0.29, 0.717) is 18.3 Å². The maximum absolute atomic E-state index is 13.9. The van der Waals surface area contributed by atoms with E-state index < -0.39 is 11.4 Å². The first kappa shape index (κ1) is 17.6. The number of rotatable bonds is 7. The predicted octanol–water partition coefficient (Wildman–Crippen LogP) is 4.12. The van der Waals surface area contributed by atoms with Crippen LogP contribution in [0.2, 0.25) is 0 Å². The summed E-state index contributed by atoms with van der Waals surface area (Å²) in [5, 5.41) is 0. The van der Waals surface area contributed by atoms with Gasteiger partial charge in [-0.25, -0.2) is 4.39 Å². The minimum Gasteiger partial charge on any atom is -0.598 e. The second kappa shape index (κ2) is 7.20. The third-order valence-electron chi connectivity index (χ3n) is 3.74. The molecule has 0 aromatic heterocycles. The zero-order valence-electron chi connectivity index (χ0n) is 13.8. The fourth-order valence-electron chi connectivity index (χ4n) is 2.03. The molecule has 1 unspecified atom stereocenters. The van der Waals surface area contributed by atoms with Crippen LogP contribution in [0.1, 0.15) is 58.6 Å². The van der Waals surface area contributed by atoms with Crippen molar-refractivity contribution >= 4 is 11.4 Å². The van der Waals surface area contributed by atoms with Crippen LogP contribution in [0, 0.1) is 11.7 Å². The lowest BCUT2D eigenvalue weighted by Gasteiger charge is -2.27. The van der Waals surface area contributed by atoms with Crippen molar-refractivity contribution in [3.8, 4) is 5.75 Å². The molecule has 1 fully saturated rings. The van der Waals surface area contributed by atoms with E-state index in [1.165, 1.54) is 18.9 Å². The number of ether oxygens (including phenoxy) is 1. The summed E-state index contributed by atoms with van der Waals surface area (Å²) in [5.41, 5.74) is 0.910. The Labute approximate surface area is 135 Å². The summed E-state index contributed by atoms with van der Waals surface area (Å²) in [7, 11) is 0. The SMILES string of the molecule is CCC(N[S@@+]([O-])C(C)(C)C)c1ccc(F)c(OCC2CC2)c1. The smallest absolute Gasteiger partial charge is 0.165 e. The minimum atomic E-state index is -1.17. The first-order valence-electron chi connectivity index (χ1n) is 7.91. The van der Waals surface area contributed by atoms with Crippen molar-refractivity contribution in [1.82, 2.24) is 4.72 Å². The molecule has 0 bridgehead atoms. The van der Waals surface area contributed by atoms with Crippen LogP contribution in [-0.4, -0.2) is 15.9 Å². The predicted molar refractivity (Wildman–Crippen MR) is 88.7 cm³/mol. The van der Waals surface area contributed by atoms with Crippen molar-refractivity contribution in [3.63, 3.8) is 0 Å². The summed E-state index contributed by atoms with van der Waals surface area (Å²) in [4.78, 5) is 0. The van der Waals surface area contributed by atoms with Crippen LogP contribution in [0.15, 0.2) is 18.2 Å². The molecule has 0 radical (unpaired) electrons. The molecule has 5 heteroatoms. The standard InChI is InChI=1S/C17H26FNO2S/c1-5-15(19-22(20)17(2,3)4)13-8-9-14(18)16(10-13)21-11-12-6-7-12/h8-10,12,15,19H,5-7,11H2,1-4H3/t15?,22-/m0/s1. The first-order valence-corrected chi connectivity index (χ1v) is 9.06. The van der Waals surface area contributed by atoms with Crippen LogP contribution in [0.3, 0.4) is 0 Å². The fourth-order valence-corrected chi connectivity index (χ4v) is 2.95. The Morgan fingerprint density at radius 3 is 2.64 bits per heavy atom. The summed E-state index contributed by atoms with van der Waals surface area (Å²) in [6, 6.07) is 4.82. The van der Waals surface area contributed by atoms with E-state index >= 15 is 0 Å². The maximum Gasteiger partial charge on any atom is 0.165 e. The van der Waals surface area contributed by atoms with E-state index in [4.69, 9.17) is 4.74 Å². The molecule has 1 aliphatic carbocycles. The van der Waals surface area contributed by atoms with Crippen molar-refractivity contribution in [2.45, 2.75) is 57.7 Å². The quantitative estimate of drug-likeness (QED) is 0.766. The van der Waals surface area contributed by atoms with Gasteiger partial charge in [0, 0.05) is 11.4 Å². The Morgan fingerprint density at radius 2 is 2.09 bits per heavy atom. The van der Waals surface area contributed by atoms with Gasteiger partial charge in [0.05, 0.1) is 12.6 Å². The third-order valence-corrected chi connectivity index (χ3v) is 5.35. The molecule has 2 rings (SSSR count). The highest BCUT2D eigenvalue weighted by Crippen LogP contribution is 2.31. The molecule has 1 saturated carbocycles. The Hall–Kier alpha value is -0.780. The van der Waals surface area contributed by atoms with Crippen LogP contribution in [-0.2, 0) is 11.4 Å². The van der Waals surface area contributed by atoms with Gasteiger partial charge in [0.25, 0.3) is 0 Å². The Balaban J connectivity index is 2.08. The van der Waals surface area contributed by atoms with Gasteiger partial charge < -0.3 is 9.29 Å². The molecule has 3 nitrogen and oxygen atoms in total. The zero-order chi connectivity index (χ0) is 16.3. The van der Waals surface area contributed by atoms with Gasteiger partial charge in [-0.15, -0.1) is 4.72 Å². The number of nitrogens with one attached hydrogen (secondary N) is 1. The van der Waals surface area contributed by atoms with E-state index in [1.807, 2.05) is 27.7 Å². The third kappa shape index (κ3) is 4.86. The molecule has 0 aliphatic heterocycles. The van der Waals surface area contributed by atoms with Crippen LogP contribution >= 0.6 is 0 Å². The van der Waals surface area contributed by atoms with Crippen molar-refractivity contribution in [3.05, 3.63) is 29.6 Å². The summed E-state index contributed by atoms with van der Waals surface area (Å²) in [6.07, 6.45) is 3.12. The molecule has 1 aromatic carbocycles. The lowest BCUT2D eigenvalue weighted by Crippen LogP contribution is -2.41. The van der Waals surface area contributed by atoms with Gasteiger partial charge in [0.2, 0.25) is 0 Å². The summed E-state index contributed by atoms with van der Waals surface area (Å²) < 4.78 is 34.5. The Morgan fingerprint density at radius 1 is 1.41 bits per heavy atom. The van der Waals surface area contributed by atoms with E-state index in [0.717, 1.165) is 12.0 Å². The van der Waals surface area contributed by atoms with Gasteiger partial charge in [0.15, 0.2) is 11.6 Å². The van der Waals surface area contributed by atoms with Crippen molar-refractivity contribution in [2.75, 3.05) is 6.61 Å². The van der Waals surface area contributed by atoms with E-state index in [1.54, 1.807) is 12.1 Å². The maximum atomic E-state index is 13.9. The van der Waals surface area contributed by atoms with E-state index in [2.05, 4.69) is 4.72 Å². The van der Waals surface area contributed by atoms with Crippen molar-refractivity contribution in [2.24, 2.45) is 5.92 Å². The summed E-state index contributed by atoms with van der Waals surface area (Å²) in [5.74, 6) is 0.541. The van der Waals surface area contributed by atoms with Crippen LogP contribution < -0.4 is 9.46 Å². The molecule has 0 saturated heterocycles. The highest BCUT2D eigenvalue weighted by atomic mass is 32.2. The molecule has 0 amide bonds. The van der Waals surface area contributed by atoms with Crippen molar-refractivity contribution < 1.29 is 13.7 Å². The average molecular weight is 327 g/mol. The number of hydrogen-bond acceptors (Lipinski definition) is 3. The zero-order valence-corrected chi connectivity index (χ0v) is 14.6. The van der Waals surface area contributed by atoms with Crippen LogP contribution in [0.25, 0.3) is 0 Å². The van der Waals surface area contributed by atoms with Gasteiger partial charge in [-0.05, 0) is 63.6 Å². The molecule has 1 aliphatic rings. The highest BCUT2D eigenvalue weighted by molar-refractivity contribution is 7.90.